The summed E-state index contributed by atoms with van der Waals surface area (Å²) in [4.78, 5) is 17.7. The molecule has 2 fully saturated rings. The first-order valence-electron chi connectivity index (χ1n) is 11.3. The number of benzene rings is 2. The number of rotatable bonds is 5. The van der Waals surface area contributed by atoms with Gasteiger partial charge in [-0.15, -0.1) is 0 Å². The zero-order chi connectivity index (χ0) is 23.6. The Hall–Kier alpha value is -2.46. The number of sulfonamides is 1. The first-order valence-corrected chi connectivity index (χ1v) is 12.8. The van der Waals surface area contributed by atoms with Gasteiger partial charge in [0.05, 0.1) is 28.5 Å². The van der Waals surface area contributed by atoms with Crippen LogP contribution in [0.15, 0.2) is 53.4 Å². The Labute approximate surface area is 196 Å². The SMILES string of the molecule is C[C@H]1CN(S(=O)(=O)c2ccc(C(=O)Nc3ccccc3N3CCN(C)CC3)cc2)C[C@H](C)O1. The standard InChI is InChI=1S/C24H32N4O4S/c1-18-16-28(17-19(2)32-18)33(30,31)21-10-8-20(9-11-21)24(29)25-22-6-4-5-7-23(22)27-14-12-26(3)13-15-27/h4-11,18-19H,12-17H2,1-3H3,(H,25,29)/t18-,19-/m0/s1. The molecule has 0 saturated carbocycles. The average molecular weight is 473 g/mol. The number of hydrogen-bond acceptors (Lipinski definition) is 6. The van der Waals surface area contributed by atoms with Crippen molar-refractivity contribution in [3.63, 3.8) is 0 Å². The molecule has 1 N–H and O–H groups in total. The predicted octanol–water partition coefficient (Wildman–Crippen LogP) is 2.49. The molecule has 0 spiro atoms. The molecule has 2 atom stereocenters. The Kier molecular flexibility index (Phi) is 7.04. The summed E-state index contributed by atoms with van der Waals surface area (Å²) < 4.78 is 33.2. The number of carbonyl (C=O) groups excluding carboxylic acids is 1. The summed E-state index contributed by atoms with van der Waals surface area (Å²) in [5.41, 5.74) is 2.15. The van der Waals surface area contributed by atoms with E-state index >= 15 is 0 Å². The molecule has 178 valence electrons. The van der Waals surface area contributed by atoms with E-state index in [2.05, 4.69) is 22.2 Å². The van der Waals surface area contributed by atoms with E-state index in [4.69, 9.17) is 4.74 Å². The van der Waals surface area contributed by atoms with Gasteiger partial charge in [-0.3, -0.25) is 4.79 Å². The summed E-state index contributed by atoms with van der Waals surface area (Å²) >= 11 is 0. The van der Waals surface area contributed by atoms with Crippen molar-refractivity contribution in [1.29, 1.82) is 0 Å². The third-order valence-electron chi connectivity index (χ3n) is 6.14. The predicted molar refractivity (Wildman–Crippen MR) is 129 cm³/mol. The number of hydrogen-bond donors (Lipinski definition) is 1. The summed E-state index contributed by atoms with van der Waals surface area (Å²) in [6, 6.07) is 13.9. The topological polar surface area (TPSA) is 82.2 Å². The number of nitrogens with zero attached hydrogens (tertiary/aromatic N) is 3. The third kappa shape index (κ3) is 5.38. The average Bonchev–Trinajstić information content (AvgIpc) is 2.79. The second-order valence-electron chi connectivity index (χ2n) is 8.87. The molecule has 2 saturated heterocycles. The number of nitrogens with one attached hydrogen (secondary N) is 1. The van der Waals surface area contributed by atoms with Crippen molar-refractivity contribution < 1.29 is 17.9 Å². The van der Waals surface area contributed by atoms with E-state index in [9.17, 15) is 13.2 Å². The Morgan fingerprint density at radius 3 is 2.18 bits per heavy atom. The van der Waals surface area contributed by atoms with Gasteiger partial charge in [0.25, 0.3) is 5.91 Å². The van der Waals surface area contributed by atoms with Crippen LogP contribution in [0.25, 0.3) is 0 Å². The van der Waals surface area contributed by atoms with Crippen LogP contribution in [-0.2, 0) is 14.8 Å². The quantitative estimate of drug-likeness (QED) is 0.720. The van der Waals surface area contributed by atoms with Gasteiger partial charge in [-0.25, -0.2) is 8.42 Å². The van der Waals surface area contributed by atoms with Crippen molar-refractivity contribution in [2.45, 2.75) is 31.0 Å². The highest BCUT2D eigenvalue weighted by molar-refractivity contribution is 7.89. The molecule has 0 radical (unpaired) electrons. The molecule has 2 aliphatic rings. The van der Waals surface area contributed by atoms with Gasteiger partial charge in [-0.1, -0.05) is 12.1 Å². The Morgan fingerprint density at radius 1 is 0.939 bits per heavy atom. The van der Waals surface area contributed by atoms with Crippen LogP contribution >= 0.6 is 0 Å². The molecule has 2 aromatic rings. The minimum absolute atomic E-state index is 0.158. The van der Waals surface area contributed by atoms with E-state index in [1.807, 2.05) is 38.1 Å². The van der Waals surface area contributed by atoms with Gasteiger partial charge in [-0.05, 0) is 57.3 Å². The lowest BCUT2D eigenvalue weighted by molar-refractivity contribution is -0.0440. The minimum atomic E-state index is -3.64. The van der Waals surface area contributed by atoms with Crippen LogP contribution in [0.3, 0.4) is 0 Å². The summed E-state index contributed by atoms with van der Waals surface area (Å²) in [7, 11) is -1.54. The largest absolute Gasteiger partial charge is 0.373 e. The fraction of sp³-hybridized carbons (Fsp3) is 0.458. The van der Waals surface area contributed by atoms with Crippen LogP contribution in [0.5, 0.6) is 0 Å². The number of para-hydroxylation sites is 2. The van der Waals surface area contributed by atoms with Crippen LogP contribution in [0.4, 0.5) is 11.4 Å². The lowest BCUT2D eigenvalue weighted by atomic mass is 10.2. The first-order chi connectivity index (χ1) is 15.7. The number of amides is 1. The van der Waals surface area contributed by atoms with Crippen molar-refractivity contribution in [3.05, 3.63) is 54.1 Å². The molecule has 2 aromatic carbocycles. The molecule has 9 heteroatoms. The number of carbonyl (C=O) groups is 1. The van der Waals surface area contributed by atoms with Crippen molar-refractivity contribution >= 4 is 27.3 Å². The van der Waals surface area contributed by atoms with Gasteiger partial charge in [0.1, 0.15) is 0 Å². The summed E-state index contributed by atoms with van der Waals surface area (Å²) in [5, 5.41) is 3.00. The van der Waals surface area contributed by atoms with Gasteiger partial charge < -0.3 is 19.9 Å². The number of morpholine rings is 1. The molecule has 2 heterocycles. The fourth-order valence-corrected chi connectivity index (χ4v) is 5.94. The fourth-order valence-electron chi connectivity index (χ4n) is 4.35. The molecular weight excluding hydrogens is 440 g/mol. The van der Waals surface area contributed by atoms with E-state index in [0.29, 0.717) is 18.7 Å². The van der Waals surface area contributed by atoms with Gasteiger partial charge >= 0.3 is 0 Å². The number of ether oxygens (including phenoxy) is 1. The summed E-state index contributed by atoms with van der Waals surface area (Å²) in [6.45, 7) is 8.11. The second kappa shape index (κ2) is 9.80. The van der Waals surface area contributed by atoms with Crippen LogP contribution in [0, 0.1) is 0 Å². The molecule has 1 amide bonds. The number of likely N-dealkylation sites (N-methyl/N-ethyl adjacent to an activating group) is 1. The van der Waals surface area contributed by atoms with E-state index in [-0.39, 0.29) is 23.0 Å². The van der Waals surface area contributed by atoms with Crippen molar-refractivity contribution in [1.82, 2.24) is 9.21 Å². The van der Waals surface area contributed by atoms with Crippen LogP contribution in [-0.4, -0.2) is 82.1 Å². The molecular formula is C24H32N4O4S. The monoisotopic (exact) mass is 472 g/mol. The Bertz CT molecular complexity index is 1070. The zero-order valence-corrected chi connectivity index (χ0v) is 20.2. The molecule has 0 aliphatic carbocycles. The first kappa shape index (κ1) is 23.7. The van der Waals surface area contributed by atoms with Crippen molar-refractivity contribution in [2.75, 3.05) is 56.5 Å². The van der Waals surface area contributed by atoms with E-state index in [1.54, 1.807) is 12.1 Å². The van der Waals surface area contributed by atoms with Crippen LogP contribution < -0.4 is 10.2 Å². The van der Waals surface area contributed by atoms with Gasteiger partial charge in [0.2, 0.25) is 10.0 Å². The van der Waals surface area contributed by atoms with Gasteiger partial charge in [0, 0.05) is 44.8 Å². The normalized spacial score (nSPS) is 22.8. The second-order valence-corrected chi connectivity index (χ2v) is 10.8. The van der Waals surface area contributed by atoms with Crippen LogP contribution in [0.1, 0.15) is 24.2 Å². The highest BCUT2D eigenvalue weighted by atomic mass is 32.2. The van der Waals surface area contributed by atoms with Crippen molar-refractivity contribution in [3.8, 4) is 0 Å². The maximum Gasteiger partial charge on any atom is 0.255 e. The van der Waals surface area contributed by atoms with E-state index in [0.717, 1.165) is 37.6 Å². The number of piperazine rings is 1. The highest BCUT2D eigenvalue weighted by Crippen LogP contribution is 2.27. The smallest absolute Gasteiger partial charge is 0.255 e. The van der Waals surface area contributed by atoms with Crippen LogP contribution in [0.2, 0.25) is 0 Å². The summed E-state index contributed by atoms with van der Waals surface area (Å²) in [5.74, 6) is -0.269. The molecule has 8 nitrogen and oxygen atoms in total. The summed E-state index contributed by atoms with van der Waals surface area (Å²) in [6.07, 6.45) is -0.317. The molecule has 0 unspecified atom stereocenters. The zero-order valence-electron chi connectivity index (χ0n) is 19.4. The lowest BCUT2D eigenvalue weighted by Crippen LogP contribution is -2.48. The molecule has 0 bridgehead atoms. The molecule has 0 aromatic heterocycles. The van der Waals surface area contributed by atoms with Crippen molar-refractivity contribution in [2.24, 2.45) is 0 Å². The van der Waals surface area contributed by atoms with E-state index in [1.165, 1.54) is 16.4 Å². The third-order valence-corrected chi connectivity index (χ3v) is 7.98. The highest BCUT2D eigenvalue weighted by Gasteiger charge is 2.32. The van der Waals surface area contributed by atoms with E-state index < -0.39 is 10.0 Å². The molecule has 4 rings (SSSR count). The van der Waals surface area contributed by atoms with Gasteiger partial charge in [-0.2, -0.15) is 4.31 Å². The molecule has 33 heavy (non-hydrogen) atoms. The maximum atomic E-state index is 13.1. The lowest BCUT2D eigenvalue weighted by Gasteiger charge is -2.35. The molecule has 2 aliphatic heterocycles. The van der Waals surface area contributed by atoms with Gasteiger partial charge in [0.15, 0.2) is 0 Å². The maximum absolute atomic E-state index is 13.1. The minimum Gasteiger partial charge on any atom is -0.373 e. The number of anilines is 2. The Morgan fingerprint density at radius 2 is 1.55 bits per heavy atom. The Balaban J connectivity index is 1.47.